The summed E-state index contributed by atoms with van der Waals surface area (Å²) in [6.07, 6.45) is 0. The fraction of sp³-hybridized carbons (Fsp3) is 0.556. The number of benzene rings is 1. The van der Waals surface area contributed by atoms with Crippen LogP contribution < -0.4 is 10.1 Å². The monoisotopic (exact) mass is 289 g/mol. The van der Waals surface area contributed by atoms with Crippen molar-refractivity contribution >= 4 is 11.0 Å². The quantitative estimate of drug-likeness (QED) is 0.897. The third-order valence-corrected chi connectivity index (χ3v) is 3.82. The van der Waals surface area contributed by atoms with E-state index in [1.807, 2.05) is 0 Å². The van der Waals surface area contributed by atoms with E-state index in [0.29, 0.717) is 6.04 Å². The number of hydrogen-bond acceptors (Lipinski definition) is 3. The number of aryl methyl sites for hydroxylation is 1. The Morgan fingerprint density at radius 3 is 2.43 bits per heavy atom. The van der Waals surface area contributed by atoms with Gasteiger partial charge in [0.1, 0.15) is 17.1 Å². The van der Waals surface area contributed by atoms with E-state index >= 15 is 0 Å². The summed E-state index contributed by atoms with van der Waals surface area (Å²) in [6.45, 7) is 13.8. The van der Waals surface area contributed by atoms with E-state index in [1.54, 1.807) is 7.11 Å². The minimum Gasteiger partial charge on any atom is -0.497 e. The van der Waals surface area contributed by atoms with E-state index in [-0.39, 0.29) is 5.41 Å². The third kappa shape index (κ3) is 3.24. The van der Waals surface area contributed by atoms with Crippen LogP contribution >= 0.6 is 0 Å². The first kappa shape index (κ1) is 15.9. The molecule has 0 saturated carbocycles. The van der Waals surface area contributed by atoms with Crippen LogP contribution in [0.4, 0.5) is 0 Å². The molecule has 1 aromatic heterocycles. The molecule has 2 aromatic rings. The van der Waals surface area contributed by atoms with Crippen molar-refractivity contribution in [1.82, 2.24) is 5.32 Å². The summed E-state index contributed by atoms with van der Waals surface area (Å²) < 4.78 is 11.7. The summed E-state index contributed by atoms with van der Waals surface area (Å²) in [4.78, 5) is 0. The highest BCUT2D eigenvalue weighted by molar-refractivity contribution is 5.87. The van der Waals surface area contributed by atoms with Crippen molar-refractivity contribution in [1.29, 1.82) is 0 Å². The van der Waals surface area contributed by atoms with Gasteiger partial charge in [-0.25, -0.2) is 0 Å². The molecule has 0 unspecified atom stereocenters. The molecular formula is C18H27NO2. The van der Waals surface area contributed by atoms with Crippen LogP contribution in [0.15, 0.2) is 16.5 Å². The topological polar surface area (TPSA) is 34.4 Å². The smallest absolute Gasteiger partial charge is 0.138 e. The van der Waals surface area contributed by atoms with E-state index in [1.165, 1.54) is 11.1 Å². The van der Waals surface area contributed by atoms with Gasteiger partial charge in [-0.15, -0.1) is 0 Å². The van der Waals surface area contributed by atoms with Crippen LogP contribution in [0.5, 0.6) is 5.75 Å². The second kappa shape index (κ2) is 5.72. The number of fused-ring (bicyclic) bond motifs is 1. The van der Waals surface area contributed by atoms with Crippen LogP contribution in [0.25, 0.3) is 11.0 Å². The lowest BCUT2D eigenvalue weighted by Gasteiger charge is -2.20. The van der Waals surface area contributed by atoms with Gasteiger partial charge in [0, 0.05) is 17.0 Å². The van der Waals surface area contributed by atoms with Crippen LogP contribution in [0.3, 0.4) is 0 Å². The van der Waals surface area contributed by atoms with Gasteiger partial charge in [0.25, 0.3) is 0 Å². The normalized spacial score (nSPS) is 12.4. The molecule has 21 heavy (non-hydrogen) atoms. The van der Waals surface area contributed by atoms with E-state index in [4.69, 9.17) is 9.15 Å². The molecule has 0 spiro atoms. The molecule has 0 aliphatic carbocycles. The van der Waals surface area contributed by atoms with Gasteiger partial charge in [0.05, 0.1) is 13.7 Å². The fourth-order valence-electron chi connectivity index (χ4n) is 2.48. The Kier molecular flexibility index (Phi) is 4.33. The number of methoxy groups -OCH3 is 1. The molecule has 1 N–H and O–H groups in total. The summed E-state index contributed by atoms with van der Waals surface area (Å²) in [5.74, 6) is 1.90. The number of rotatable bonds is 4. The van der Waals surface area contributed by atoms with Gasteiger partial charge in [-0.1, -0.05) is 34.6 Å². The van der Waals surface area contributed by atoms with Crippen molar-refractivity contribution < 1.29 is 9.15 Å². The SMILES string of the molecule is COc1cc(C(C)(C)C)c2oc(CNC(C)C)c(C)c2c1. The predicted octanol–water partition coefficient (Wildman–Crippen LogP) is 4.55. The van der Waals surface area contributed by atoms with E-state index in [0.717, 1.165) is 29.0 Å². The molecule has 3 heteroatoms. The van der Waals surface area contributed by atoms with Crippen LogP contribution in [-0.2, 0) is 12.0 Å². The van der Waals surface area contributed by atoms with Crippen molar-refractivity contribution in [3.8, 4) is 5.75 Å². The molecule has 0 atom stereocenters. The second-order valence-electron chi connectivity index (χ2n) is 6.99. The first-order chi connectivity index (χ1) is 9.74. The lowest BCUT2D eigenvalue weighted by Crippen LogP contribution is -2.21. The predicted molar refractivity (Wildman–Crippen MR) is 88.2 cm³/mol. The summed E-state index contributed by atoms with van der Waals surface area (Å²) in [5.41, 5.74) is 3.39. The van der Waals surface area contributed by atoms with E-state index < -0.39 is 0 Å². The molecular weight excluding hydrogens is 262 g/mol. The maximum absolute atomic E-state index is 6.19. The van der Waals surface area contributed by atoms with E-state index in [9.17, 15) is 0 Å². The Balaban J connectivity index is 2.60. The van der Waals surface area contributed by atoms with Crippen molar-refractivity contribution in [3.63, 3.8) is 0 Å². The van der Waals surface area contributed by atoms with Gasteiger partial charge in [0.2, 0.25) is 0 Å². The van der Waals surface area contributed by atoms with Gasteiger partial charge in [-0.05, 0) is 30.0 Å². The molecule has 0 aliphatic heterocycles. The van der Waals surface area contributed by atoms with Crippen molar-refractivity contribution in [2.24, 2.45) is 0 Å². The maximum Gasteiger partial charge on any atom is 0.138 e. The van der Waals surface area contributed by atoms with Crippen LogP contribution in [0.1, 0.15) is 51.5 Å². The van der Waals surface area contributed by atoms with Crippen molar-refractivity contribution in [2.75, 3.05) is 7.11 Å². The molecule has 3 nitrogen and oxygen atoms in total. The van der Waals surface area contributed by atoms with Crippen LogP contribution in [-0.4, -0.2) is 13.2 Å². The molecule has 116 valence electrons. The lowest BCUT2D eigenvalue weighted by atomic mass is 9.85. The largest absolute Gasteiger partial charge is 0.497 e. The van der Waals surface area contributed by atoms with Gasteiger partial charge in [-0.3, -0.25) is 0 Å². The van der Waals surface area contributed by atoms with Crippen LogP contribution in [0, 0.1) is 6.92 Å². The Bertz CT molecular complexity index is 633. The van der Waals surface area contributed by atoms with Crippen LogP contribution in [0.2, 0.25) is 0 Å². The highest BCUT2D eigenvalue weighted by Gasteiger charge is 2.23. The summed E-state index contributed by atoms with van der Waals surface area (Å²) >= 11 is 0. The summed E-state index contributed by atoms with van der Waals surface area (Å²) in [6, 6.07) is 4.60. The minimum atomic E-state index is 0.0137. The standard InChI is InChI=1S/C18H27NO2/c1-11(2)19-10-16-12(3)14-8-13(20-7)9-15(17(14)21-16)18(4,5)6/h8-9,11,19H,10H2,1-7H3. The average Bonchev–Trinajstić information content (AvgIpc) is 2.71. The zero-order valence-electron chi connectivity index (χ0n) is 14.3. The molecule has 0 aliphatic rings. The second-order valence-corrected chi connectivity index (χ2v) is 6.99. The van der Waals surface area contributed by atoms with Gasteiger partial charge in [-0.2, -0.15) is 0 Å². The maximum atomic E-state index is 6.19. The lowest BCUT2D eigenvalue weighted by molar-refractivity contribution is 0.413. The zero-order chi connectivity index (χ0) is 15.8. The molecule has 1 aromatic carbocycles. The zero-order valence-corrected chi connectivity index (χ0v) is 14.3. The Morgan fingerprint density at radius 1 is 1.24 bits per heavy atom. The first-order valence-corrected chi connectivity index (χ1v) is 7.58. The van der Waals surface area contributed by atoms with Gasteiger partial charge < -0.3 is 14.5 Å². The number of nitrogens with one attached hydrogen (secondary N) is 1. The highest BCUT2D eigenvalue weighted by Crippen LogP contribution is 2.37. The molecule has 2 rings (SSSR count). The Morgan fingerprint density at radius 2 is 1.90 bits per heavy atom. The van der Waals surface area contributed by atoms with Crippen molar-refractivity contribution in [3.05, 3.63) is 29.0 Å². The van der Waals surface area contributed by atoms with Crippen molar-refractivity contribution in [2.45, 2.75) is 59.5 Å². The fourth-order valence-corrected chi connectivity index (χ4v) is 2.48. The molecule has 0 bridgehead atoms. The highest BCUT2D eigenvalue weighted by atomic mass is 16.5. The Hall–Kier alpha value is -1.48. The van der Waals surface area contributed by atoms with Gasteiger partial charge in [0.15, 0.2) is 0 Å². The molecule has 0 amide bonds. The average molecular weight is 289 g/mol. The number of hydrogen-bond donors (Lipinski definition) is 1. The first-order valence-electron chi connectivity index (χ1n) is 7.58. The molecule has 1 heterocycles. The number of furan rings is 1. The summed E-state index contributed by atoms with van der Waals surface area (Å²) in [5, 5.41) is 4.58. The molecule has 0 fully saturated rings. The summed E-state index contributed by atoms with van der Waals surface area (Å²) in [7, 11) is 1.71. The third-order valence-electron chi connectivity index (χ3n) is 3.82. The van der Waals surface area contributed by atoms with Gasteiger partial charge >= 0.3 is 0 Å². The number of ether oxygens (including phenoxy) is 1. The molecule has 0 radical (unpaired) electrons. The Labute approximate surface area is 127 Å². The molecule has 0 saturated heterocycles. The minimum absolute atomic E-state index is 0.0137. The van der Waals surface area contributed by atoms with E-state index in [2.05, 4.69) is 59.0 Å².